The molecule has 1 aromatic rings. The first-order chi connectivity index (χ1) is 9.43. The molecule has 1 saturated carbocycles. The maximum absolute atomic E-state index is 13.0. The van der Waals surface area contributed by atoms with E-state index in [1.54, 1.807) is 5.38 Å². The lowest BCUT2D eigenvalue weighted by Gasteiger charge is -2.33. The summed E-state index contributed by atoms with van der Waals surface area (Å²) in [6.07, 6.45) is -0.582. The smallest absolute Gasteiger partial charge is 0.348 e. The van der Waals surface area contributed by atoms with Gasteiger partial charge >= 0.3 is 6.18 Å². The first kappa shape index (κ1) is 15.7. The molecule has 1 aromatic heterocycles. The molecule has 2 rings (SSSR count). The molecule has 1 amide bonds. The summed E-state index contributed by atoms with van der Waals surface area (Å²) in [5.74, 6) is -1.80. The van der Waals surface area contributed by atoms with E-state index in [9.17, 15) is 18.0 Å². The van der Waals surface area contributed by atoms with Crippen molar-refractivity contribution in [2.75, 3.05) is 6.26 Å². The average Bonchev–Trinajstić information content (AvgIpc) is 2.86. The Labute approximate surface area is 124 Å². The quantitative estimate of drug-likeness (QED) is 0.839. The minimum Gasteiger partial charge on any atom is -0.348 e. The summed E-state index contributed by atoms with van der Waals surface area (Å²) in [6, 6.07) is 1.01. The fourth-order valence-corrected chi connectivity index (χ4v) is 4.21. The van der Waals surface area contributed by atoms with Crippen molar-refractivity contribution in [1.29, 1.82) is 0 Å². The molecule has 0 radical (unpaired) electrons. The minimum atomic E-state index is -4.24. The van der Waals surface area contributed by atoms with Crippen molar-refractivity contribution in [3.05, 3.63) is 16.3 Å². The summed E-state index contributed by atoms with van der Waals surface area (Å²) >= 11 is 2.69. The van der Waals surface area contributed by atoms with Gasteiger partial charge in [-0.15, -0.1) is 23.1 Å². The Bertz CT molecular complexity index is 472. The SMILES string of the molecule is CSc1ccsc1C(=O)N[C@H]1CCCC[C@H]1C(F)(F)F. The molecule has 0 unspecified atom stereocenters. The van der Waals surface area contributed by atoms with Gasteiger partial charge in [0.2, 0.25) is 0 Å². The van der Waals surface area contributed by atoms with E-state index in [1.165, 1.54) is 23.1 Å². The first-order valence-electron chi connectivity index (χ1n) is 6.42. The van der Waals surface area contributed by atoms with Crippen LogP contribution in [-0.2, 0) is 0 Å². The highest BCUT2D eigenvalue weighted by Gasteiger charge is 2.46. The molecule has 1 fully saturated rings. The number of carbonyl (C=O) groups excluding carboxylic acids is 1. The summed E-state index contributed by atoms with van der Waals surface area (Å²) in [7, 11) is 0. The molecule has 2 nitrogen and oxygen atoms in total. The zero-order valence-corrected chi connectivity index (χ0v) is 12.6. The molecular formula is C13H16F3NOS2. The fraction of sp³-hybridized carbons (Fsp3) is 0.615. The number of nitrogens with one attached hydrogen (secondary N) is 1. The van der Waals surface area contributed by atoms with Gasteiger partial charge in [-0.25, -0.2) is 0 Å². The van der Waals surface area contributed by atoms with Crippen molar-refractivity contribution in [2.45, 2.75) is 42.8 Å². The van der Waals surface area contributed by atoms with E-state index in [1.807, 2.05) is 12.3 Å². The van der Waals surface area contributed by atoms with E-state index in [-0.39, 0.29) is 12.3 Å². The largest absolute Gasteiger partial charge is 0.393 e. The van der Waals surface area contributed by atoms with Crippen molar-refractivity contribution in [1.82, 2.24) is 5.32 Å². The molecule has 0 saturated heterocycles. The van der Waals surface area contributed by atoms with Crippen LogP contribution in [0.25, 0.3) is 0 Å². The fourth-order valence-electron chi connectivity index (χ4n) is 2.55. The molecule has 1 aliphatic carbocycles. The third-order valence-corrected chi connectivity index (χ3v) is 5.38. The molecule has 0 aliphatic heterocycles. The lowest BCUT2D eigenvalue weighted by molar-refractivity contribution is -0.187. The molecule has 0 bridgehead atoms. The van der Waals surface area contributed by atoms with Gasteiger partial charge < -0.3 is 5.32 Å². The van der Waals surface area contributed by atoms with E-state index in [2.05, 4.69) is 5.32 Å². The number of hydrogen-bond acceptors (Lipinski definition) is 3. The van der Waals surface area contributed by atoms with Crippen LogP contribution in [0, 0.1) is 5.92 Å². The Balaban J connectivity index is 2.09. The second-order valence-electron chi connectivity index (χ2n) is 4.83. The van der Waals surface area contributed by atoms with Crippen LogP contribution in [0.3, 0.4) is 0 Å². The third kappa shape index (κ3) is 3.49. The van der Waals surface area contributed by atoms with Gasteiger partial charge in [0.1, 0.15) is 4.88 Å². The lowest BCUT2D eigenvalue weighted by atomic mass is 9.84. The summed E-state index contributed by atoms with van der Waals surface area (Å²) in [6.45, 7) is 0. The second-order valence-corrected chi connectivity index (χ2v) is 6.59. The summed E-state index contributed by atoms with van der Waals surface area (Å²) in [5, 5.41) is 4.37. The molecule has 112 valence electrons. The van der Waals surface area contributed by atoms with Gasteiger partial charge in [0.15, 0.2) is 0 Å². The van der Waals surface area contributed by atoms with E-state index >= 15 is 0 Å². The van der Waals surface area contributed by atoms with E-state index in [4.69, 9.17) is 0 Å². The number of thiophene rings is 1. The average molecular weight is 323 g/mol. The number of halogens is 3. The minimum absolute atomic E-state index is 0.105. The standard InChI is InChI=1S/C13H16F3NOS2/c1-19-10-6-7-20-11(10)12(18)17-9-5-3-2-4-8(9)13(14,15)16/h6-9H,2-5H2,1H3,(H,17,18)/t8-,9+/m1/s1. The molecule has 1 N–H and O–H groups in total. The molecular weight excluding hydrogens is 307 g/mol. The predicted molar refractivity (Wildman–Crippen MR) is 75.4 cm³/mol. The highest BCUT2D eigenvalue weighted by Crippen LogP contribution is 2.38. The van der Waals surface area contributed by atoms with Gasteiger partial charge in [0, 0.05) is 10.9 Å². The monoisotopic (exact) mass is 323 g/mol. The molecule has 1 heterocycles. The molecule has 7 heteroatoms. The second kappa shape index (κ2) is 6.39. The maximum Gasteiger partial charge on any atom is 0.393 e. The van der Waals surface area contributed by atoms with Crippen LogP contribution in [-0.4, -0.2) is 24.4 Å². The number of alkyl halides is 3. The Morgan fingerprint density at radius 3 is 2.75 bits per heavy atom. The number of carbonyl (C=O) groups is 1. The number of amides is 1. The summed E-state index contributed by atoms with van der Waals surface area (Å²) in [5.41, 5.74) is 0. The Kier molecular flexibility index (Phi) is 5.01. The molecule has 0 aromatic carbocycles. The van der Waals surface area contributed by atoms with Gasteiger partial charge in [0.25, 0.3) is 5.91 Å². The van der Waals surface area contributed by atoms with Gasteiger partial charge in [-0.1, -0.05) is 12.8 Å². The van der Waals surface area contributed by atoms with Gasteiger partial charge in [-0.05, 0) is 30.5 Å². The van der Waals surface area contributed by atoms with Gasteiger partial charge in [-0.3, -0.25) is 4.79 Å². The van der Waals surface area contributed by atoms with Crippen LogP contribution < -0.4 is 5.32 Å². The lowest BCUT2D eigenvalue weighted by Crippen LogP contribution is -2.47. The van der Waals surface area contributed by atoms with E-state index < -0.39 is 18.1 Å². The Morgan fingerprint density at radius 1 is 1.40 bits per heavy atom. The molecule has 0 spiro atoms. The van der Waals surface area contributed by atoms with Crippen LogP contribution in [0.2, 0.25) is 0 Å². The van der Waals surface area contributed by atoms with Crippen LogP contribution in [0.15, 0.2) is 16.3 Å². The van der Waals surface area contributed by atoms with Gasteiger partial charge in [-0.2, -0.15) is 13.2 Å². The number of thioether (sulfide) groups is 1. The van der Waals surface area contributed by atoms with Crippen LogP contribution >= 0.6 is 23.1 Å². The Hall–Kier alpha value is -0.690. The van der Waals surface area contributed by atoms with Gasteiger partial charge in [0.05, 0.1) is 5.92 Å². The predicted octanol–water partition coefficient (Wildman–Crippen LogP) is 4.32. The highest BCUT2D eigenvalue weighted by atomic mass is 32.2. The molecule has 20 heavy (non-hydrogen) atoms. The van der Waals surface area contributed by atoms with E-state index in [0.29, 0.717) is 17.7 Å². The third-order valence-electron chi connectivity index (χ3n) is 3.56. The van der Waals surface area contributed by atoms with E-state index in [0.717, 1.165) is 11.3 Å². The topological polar surface area (TPSA) is 29.1 Å². The summed E-state index contributed by atoms with van der Waals surface area (Å²) in [4.78, 5) is 13.5. The van der Waals surface area contributed by atoms with Crippen molar-refractivity contribution in [3.8, 4) is 0 Å². The molecule has 1 aliphatic rings. The number of rotatable bonds is 3. The van der Waals surface area contributed by atoms with Crippen molar-refractivity contribution in [3.63, 3.8) is 0 Å². The van der Waals surface area contributed by atoms with Crippen LogP contribution in [0.4, 0.5) is 13.2 Å². The highest BCUT2D eigenvalue weighted by molar-refractivity contribution is 7.98. The van der Waals surface area contributed by atoms with Crippen molar-refractivity contribution >= 4 is 29.0 Å². The van der Waals surface area contributed by atoms with Crippen molar-refractivity contribution in [2.24, 2.45) is 5.92 Å². The normalized spacial score (nSPS) is 23.6. The summed E-state index contributed by atoms with van der Waals surface area (Å²) < 4.78 is 38.9. The number of hydrogen-bond donors (Lipinski definition) is 1. The zero-order chi connectivity index (χ0) is 14.8. The zero-order valence-electron chi connectivity index (χ0n) is 11.0. The maximum atomic E-state index is 13.0. The molecule has 2 atom stereocenters. The van der Waals surface area contributed by atoms with Crippen LogP contribution in [0.5, 0.6) is 0 Å². The van der Waals surface area contributed by atoms with Crippen LogP contribution in [0.1, 0.15) is 35.4 Å². The van der Waals surface area contributed by atoms with Crippen molar-refractivity contribution < 1.29 is 18.0 Å². The first-order valence-corrected chi connectivity index (χ1v) is 8.53. The Morgan fingerprint density at radius 2 is 2.10 bits per heavy atom.